The minimum absolute atomic E-state index is 0.195. The normalized spacial score (nSPS) is 10.3. The molecular weight excluding hydrogens is 283 g/mol. The van der Waals surface area contributed by atoms with E-state index in [1.54, 1.807) is 0 Å². The molecule has 0 fully saturated rings. The molecule has 3 N–H and O–H groups in total. The average molecular weight is 295 g/mol. The van der Waals surface area contributed by atoms with Crippen molar-refractivity contribution in [2.45, 2.75) is 6.92 Å². The first-order valence-electron chi connectivity index (χ1n) is 5.60. The van der Waals surface area contributed by atoms with Crippen LogP contribution in [0.1, 0.15) is 15.9 Å². The minimum Gasteiger partial charge on any atom is -0.399 e. The van der Waals surface area contributed by atoms with Crippen molar-refractivity contribution in [3.05, 3.63) is 57.6 Å². The quantitative estimate of drug-likeness (QED) is 0.818. The van der Waals surface area contributed by atoms with Gasteiger partial charge in [0, 0.05) is 11.4 Å². The molecule has 0 aliphatic heterocycles. The van der Waals surface area contributed by atoms with Crippen molar-refractivity contribution in [2.24, 2.45) is 0 Å². The summed E-state index contributed by atoms with van der Waals surface area (Å²) in [5.74, 6) is -0.344. The lowest BCUT2D eigenvalue weighted by Crippen LogP contribution is -2.13. The van der Waals surface area contributed by atoms with Crippen molar-refractivity contribution >= 4 is 40.5 Å². The van der Waals surface area contributed by atoms with Crippen molar-refractivity contribution in [3.8, 4) is 0 Å². The molecule has 0 atom stereocenters. The van der Waals surface area contributed by atoms with Crippen LogP contribution in [0.25, 0.3) is 0 Å². The predicted octanol–water partition coefficient (Wildman–Crippen LogP) is 4.14. The number of hydrogen-bond donors (Lipinski definition) is 2. The van der Waals surface area contributed by atoms with E-state index < -0.39 is 0 Å². The number of nitrogens with two attached hydrogens (primary N) is 1. The van der Waals surface area contributed by atoms with E-state index in [-0.39, 0.29) is 21.5 Å². The van der Waals surface area contributed by atoms with Crippen LogP contribution in [-0.2, 0) is 0 Å². The van der Waals surface area contributed by atoms with Crippen LogP contribution in [0.3, 0.4) is 0 Å². The van der Waals surface area contributed by atoms with Crippen molar-refractivity contribution in [2.75, 3.05) is 11.1 Å². The lowest BCUT2D eigenvalue weighted by Gasteiger charge is -2.09. The maximum absolute atomic E-state index is 12.1. The molecule has 0 aromatic heterocycles. The van der Waals surface area contributed by atoms with Crippen molar-refractivity contribution < 1.29 is 4.79 Å². The molecule has 0 spiro atoms. The molecule has 5 heteroatoms. The number of aryl methyl sites for hydroxylation is 1. The van der Waals surface area contributed by atoms with Gasteiger partial charge < -0.3 is 11.1 Å². The van der Waals surface area contributed by atoms with Gasteiger partial charge in [0.1, 0.15) is 0 Å². The summed E-state index contributed by atoms with van der Waals surface area (Å²) in [6, 6.07) is 10.4. The Bertz CT molecular complexity index is 624. The Morgan fingerprint density at radius 1 is 1.16 bits per heavy atom. The van der Waals surface area contributed by atoms with Gasteiger partial charge in [-0.05, 0) is 31.2 Å². The third kappa shape index (κ3) is 3.19. The van der Waals surface area contributed by atoms with Gasteiger partial charge in [-0.15, -0.1) is 0 Å². The van der Waals surface area contributed by atoms with Crippen LogP contribution < -0.4 is 11.1 Å². The van der Waals surface area contributed by atoms with Gasteiger partial charge in [-0.3, -0.25) is 4.79 Å². The number of carbonyl (C=O) groups is 1. The highest BCUT2D eigenvalue weighted by molar-refractivity contribution is 6.44. The number of halogens is 2. The van der Waals surface area contributed by atoms with Crippen molar-refractivity contribution in [1.82, 2.24) is 0 Å². The molecule has 98 valence electrons. The minimum atomic E-state index is -0.344. The van der Waals surface area contributed by atoms with Crippen molar-refractivity contribution in [3.63, 3.8) is 0 Å². The lowest BCUT2D eigenvalue weighted by atomic mass is 10.1. The lowest BCUT2D eigenvalue weighted by molar-refractivity contribution is 0.102. The summed E-state index contributed by atoms with van der Waals surface area (Å²) >= 11 is 11.9. The second-order valence-electron chi connectivity index (χ2n) is 4.18. The monoisotopic (exact) mass is 294 g/mol. The summed E-state index contributed by atoms with van der Waals surface area (Å²) in [6.07, 6.45) is 0. The van der Waals surface area contributed by atoms with Crippen LogP contribution in [0, 0.1) is 6.92 Å². The Hall–Kier alpha value is -1.71. The number of amides is 1. The van der Waals surface area contributed by atoms with E-state index in [1.807, 2.05) is 31.2 Å². The zero-order chi connectivity index (χ0) is 14.0. The molecule has 0 saturated carbocycles. The Morgan fingerprint density at radius 2 is 1.79 bits per heavy atom. The SMILES string of the molecule is Cc1ccc(NC(=O)c2cc(N)cc(Cl)c2Cl)cc1. The predicted molar refractivity (Wildman–Crippen MR) is 80.0 cm³/mol. The number of rotatable bonds is 2. The molecule has 0 aliphatic carbocycles. The first kappa shape index (κ1) is 13.7. The van der Waals surface area contributed by atoms with Gasteiger partial charge >= 0.3 is 0 Å². The fourth-order valence-electron chi connectivity index (χ4n) is 1.61. The highest BCUT2D eigenvalue weighted by Crippen LogP contribution is 2.29. The number of nitrogens with one attached hydrogen (secondary N) is 1. The number of hydrogen-bond acceptors (Lipinski definition) is 2. The summed E-state index contributed by atoms with van der Waals surface area (Å²) in [6.45, 7) is 1.97. The Kier molecular flexibility index (Phi) is 3.98. The fraction of sp³-hybridized carbons (Fsp3) is 0.0714. The first-order chi connectivity index (χ1) is 8.97. The summed E-state index contributed by atoms with van der Waals surface area (Å²) in [5, 5.41) is 3.20. The number of anilines is 2. The zero-order valence-electron chi connectivity index (χ0n) is 10.2. The van der Waals surface area contributed by atoms with Crippen LogP contribution in [0.5, 0.6) is 0 Å². The van der Waals surface area contributed by atoms with E-state index in [4.69, 9.17) is 28.9 Å². The molecule has 1 amide bonds. The Labute approximate surface area is 121 Å². The fourth-order valence-corrected chi connectivity index (χ4v) is 2.03. The molecular formula is C14H12Cl2N2O. The maximum atomic E-state index is 12.1. The van der Waals surface area contributed by atoms with Gasteiger partial charge in [-0.2, -0.15) is 0 Å². The van der Waals surface area contributed by atoms with Gasteiger partial charge in [0.15, 0.2) is 0 Å². The molecule has 0 heterocycles. The number of nitrogen functional groups attached to an aromatic ring is 1. The molecule has 3 nitrogen and oxygen atoms in total. The molecule has 0 unspecified atom stereocenters. The molecule has 2 aromatic carbocycles. The number of benzene rings is 2. The number of carbonyl (C=O) groups excluding carboxylic acids is 1. The standard InChI is InChI=1S/C14H12Cl2N2O/c1-8-2-4-10(5-3-8)18-14(19)11-6-9(17)7-12(15)13(11)16/h2-7H,17H2,1H3,(H,18,19). The van der Waals surface area contributed by atoms with Gasteiger partial charge in [-0.25, -0.2) is 0 Å². The molecule has 0 aliphatic rings. The van der Waals surface area contributed by atoms with Crippen LogP contribution in [-0.4, -0.2) is 5.91 Å². The van der Waals surface area contributed by atoms with Crippen LogP contribution >= 0.6 is 23.2 Å². The van der Waals surface area contributed by atoms with Gasteiger partial charge in [-0.1, -0.05) is 40.9 Å². The highest BCUT2D eigenvalue weighted by atomic mass is 35.5. The molecule has 2 aromatic rings. The smallest absolute Gasteiger partial charge is 0.257 e. The molecule has 0 radical (unpaired) electrons. The van der Waals surface area contributed by atoms with Gasteiger partial charge in [0.2, 0.25) is 0 Å². The average Bonchev–Trinajstić information content (AvgIpc) is 2.36. The summed E-state index contributed by atoms with van der Waals surface area (Å²) in [7, 11) is 0. The van der Waals surface area contributed by atoms with E-state index in [0.717, 1.165) is 5.56 Å². The summed E-state index contributed by atoms with van der Waals surface area (Å²) < 4.78 is 0. The Morgan fingerprint density at radius 3 is 2.42 bits per heavy atom. The largest absolute Gasteiger partial charge is 0.399 e. The van der Waals surface area contributed by atoms with Crippen molar-refractivity contribution in [1.29, 1.82) is 0 Å². The van der Waals surface area contributed by atoms with Crippen LogP contribution in [0.4, 0.5) is 11.4 Å². The van der Waals surface area contributed by atoms with Crippen LogP contribution in [0.2, 0.25) is 10.0 Å². The second kappa shape index (κ2) is 5.51. The van der Waals surface area contributed by atoms with E-state index >= 15 is 0 Å². The summed E-state index contributed by atoms with van der Waals surface area (Å²) in [4.78, 5) is 12.1. The molecule has 0 saturated heterocycles. The van der Waals surface area contributed by atoms with Crippen LogP contribution in [0.15, 0.2) is 36.4 Å². The summed E-state index contributed by atoms with van der Waals surface area (Å²) in [5.41, 5.74) is 8.10. The van der Waals surface area contributed by atoms with Gasteiger partial charge in [0.05, 0.1) is 15.6 Å². The van der Waals surface area contributed by atoms with E-state index in [1.165, 1.54) is 12.1 Å². The molecule has 0 bridgehead atoms. The van der Waals surface area contributed by atoms with E-state index in [0.29, 0.717) is 11.4 Å². The third-order valence-corrected chi connectivity index (χ3v) is 3.41. The molecule has 2 rings (SSSR count). The topological polar surface area (TPSA) is 55.1 Å². The van der Waals surface area contributed by atoms with Gasteiger partial charge in [0.25, 0.3) is 5.91 Å². The molecule has 19 heavy (non-hydrogen) atoms. The maximum Gasteiger partial charge on any atom is 0.257 e. The second-order valence-corrected chi connectivity index (χ2v) is 4.97. The van der Waals surface area contributed by atoms with E-state index in [2.05, 4.69) is 5.32 Å². The first-order valence-corrected chi connectivity index (χ1v) is 6.35. The highest BCUT2D eigenvalue weighted by Gasteiger charge is 2.14. The zero-order valence-corrected chi connectivity index (χ0v) is 11.7. The Balaban J connectivity index is 2.27. The van der Waals surface area contributed by atoms with E-state index in [9.17, 15) is 4.79 Å². The third-order valence-electron chi connectivity index (χ3n) is 2.60.